The van der Waals surface area contributed by atoms with Crippen molar-refractivity contribution in [1.82, 2.24) is 0 Å². The van der Waals surface area contributed by atoms with Gasteiger partial charge in [0.25, 0.3) is 0 Å². The first-order valence-corrected chi connectivity index (χ1v) is 6.63. The van der Waals surface area contributed by atoms with Crippen molar-refractivity contribution in [3.8, 4) is 11.1 Å². The van der Waals surface area contributed by atoms with Gasteiger partial charge in [-0.15, -0.1) is 0 Å². The fourth-order valence-corrected chi connectivity index (χ4v) is 2.79. The van der Waals surface area contributed by atoms with Gasteiger partial charge in [-0.05, 0) is 53.3 Å². The fraction of sp³-hybridized carbons (Fsp3) is 0.0769. The molecule has 0 heterocycles. The van der Waals surface area contributed by atoms with Gasteiger partial charge in [-0.3, -0.25) is 0 Å². The van der Waals surface area contributed by atoms with Gasteiger partial charge in [0.05, 0.1) is 0 Å². The highest BCUT2D eigenvalue weighted by atomic mass is 127. The predicted octanol–water partition coefficient (Wildman–Crippen LogP) is 5.57. The molecular weight excluding hydrogens is 354 g/mol. The zero-order chi connectivity index (χ0) is 11.7. The first kappa shape index (κ1) is 12.2. The summed E-state index contributed by atoms with van der Waals surface area (Å²) in [7, 11) is 0. The van der Waals surface area contributed by atoms with Crippen molar-refractivity contribution in [3.05, 3.63) is 55.6 Å². The SMILES string of the molecule is Cc1ccc(I)c(-c2c(Cl)cccc2Cl)c1. The van der Waals surface area contributed by atoms with Crippen molar-refractivity contribution in [3.63, 3.8) is 0 Å². The van der Waals surface area contributed by atoms with Gasteiger partial charge in [-0.2, -0.15) is 0 Å². The summed E-state index contributed by atoms with van der Waals surface area (Å²) in [4.78, 5) is 0. The van der Waals surface area contributed by atoms with Crippen molar-refractivity contribution < 1.29 is 0 Å². The average Bonchev–Trinajstić information content (AvgIpc) is 2.23. The monoisotopic (exact) mass is 362 g/mol. The van der Waals surface area contributed by atoms with Crippen LogP contribution < -0.4 is 0 Å². The third-order valence-electron chi connectivity index (χ3n) is 2.35. The fourth-order valence-electron chi connectivity index (χ4n) is 1.59. The molecule has 0 saturated heterocycles. The second-order valence-electron chi connectivity index (χ2n) is 3.58. The zero-order valence-electron chi connectivity index (χ0n) is 8.60. The van der Waals surface area contributed by atoms with E-state index in [9.17, 15) is 0 Å². The van der Waals surface area contributed by atoms with E-state index in [4.69, 9.17) is 23.2 Å². The maximum atomic E-state index is 6.20. The molecule has 2 rings (SSSR count). The average molecular weight is 363 g/mol. The standard InChI is InChI=1S/C13H9Cl2I/c1-8-5-6-12(16)9(7-8)13-10(14)3-2-4-11(13)15/h2-7H,1H3. The van der Waals surface area contributed by atoms with Crippen LogP contribution in [0.15, 0.2) is 36.4 Å². The molecule has 0 fully saturated rings. The summed E-state index contributed by atoms with van der Waals surface area (Å²) in [5.74, 6) is 0. The van der Waals surface area contributed by atoms with Crippen LogP contribution in [0, 0.1) is 10.5 Å². The second kappa shape index (κ2) is 4.94. The lowest BCUT2D eigenvalue weighted by molar-refractivity contribution is 1.45. The van der Waals surface area contributed by atoms with Crippen molar-refractivity contribution in [1.29, 1.82) is 0 Å². The number of halogens is 3. The van der Waals surface area contributed by atoms with Crippen LogP contribution in [0.3, 0.4) is 0 Å². The van der Waals surface area contributed by atoms with Crippen LogP contribution in [-0.2, 0) is 0 Å². The van der Waals surface area contributed by atoms with E-state index in [1.165, 1.54) is 5.56 Å². The third-order valence-corrected chi connectivity index (χ3v) is 3.92. The van der Waals surface area contributed by atoms with Gasteiger partial charge in [-0.1, -0.05) is 47.0 Å². The second-order valence-corrected chi connectivity index (χ2v) is 5.56. The van der Waals surface area contributed by atoms with Crippen LogP contribution in [0.25, 0.3) is 11.1 Å². The lowest BCUT2D eigenvalue weighted by Gasteiger charge is -2.10. The molecule has 0 radical (unpaired) electrons. The topological polar surface area (TPSA) is 0 Å². The minimum Gasteiger partial charge on any atom is -0.0836 e. The van der Waals surface area contributed by atoms with Crippen LogP contribution >= 0.6 is 45.8 Å². The molecule has 0 aliphatic carbocycles. The van der Waals surface area contributed by atoms with E-state index in [1.807, 2.05) is 18.2 Å². The van der Waals surface area contributed by atoms with Gasteiger partial charge in [0.15, 0.2) is 0 Å². The first-order valence-electron chi connectivity index (χ1n) is 4.80. The van der Waals surface area contributed by atoms with E-state index in [1.54, 1.807) is 0 Å². The Bertz CT molecular complexity index is 515. The third kappa shape index (κ3) is 2.36. The molecule has 82 valence electrons. The smallest absolute Gasteiger partial charge is 0.0499 e. The molecule has 2 aromatic rings. The van der Waals surface area contributed by atoms with E-state index >= 15 is 0 Å². The Morgan fingerprint density at radius 1 is 1.00 bits per heavy atom. The number of benzene rings is 2. The molecule has 0 unspecified atom stereocenters. The van der Waals surface area contributed by atoms with Crippen molar-refractivity contribution in [2.24, 2.45) is 0 Å². The summed E-state index contributed by atoms with van der Waals surface area (Å²) >= 11 is 14.7. The zero-order valence-corrected chi connectivity index (χ0v) is 12.3. The first-order chi connectivity index (χ1) is 7.59. The summed E-state index contributed by atoms with van der Waals surface area (Å²) in [5.41, 5.74) is 3.21. The molecule has 0 saturated carbocycles. The molecular formula is C13H9Cl2I. The molecule has 2 aromatic carbocycles. The van der Waals surface area contributed by atoms with Gasteiger partial charge in [0, 0.05) is 19.2 Å². The lowest BCUT2D eigenvalue weighted by atomic mass is 10.0. The molecule has 3 heteroatoms. The number of aryl methyl sites for hydroxylation is 1. The molecule has 0 aliphatic heterocycles. The summed E-state index contributed by atoms with van der Waals surface area (Å²) in [5, 5.41) is 1.38. The van der Waals surface area contributed by atoms with E-state index in [0.29, 0.717) is 10.0 Å². The predicted molar refractivity (Wildman–Crippen MR) is 79.4 cm³/mol. The van der Waals surface area contributed by atoms with E-state index in [0.717, 1.165) is 14.7 Å². The van der Waals surface area contributed by atoms with Crippen LogP contribution in [0.1, 0.15) is 5.56 Å². The van der Waals surface area contributed by atoms with Gasteiger partial charge in [-0.25, -0.2) is 0 Å². The summed E-state index contributed by atoms with van der Waals surface area (Å²) < 4.78 is 1.15. The molecule has 0 atom stereocenters. The molecule has 0 nitrogen and oxygen atoms in total. The highest BCUT2D eigenvalue weighted by molar-refractivity contribution is 14.1. The Morgan fingerprint density at radius 3 is 2.25 bits per heavy atom. The van der Waals surface area contributed by atoms with Crippen molar-refractivity contribution in [2.45, 2.75) is 6.92 Å². The van der Waals surface area contributed by atoms with Crippen LogP contribution in [-0.4, -0.2) is 0 Å². The minimum atomic E-state index is 0.691. The Balaban J connectivity index is 2.72. The summed E-state index contributed by atoms with van der Waals surface area (Å²) in [6.07, 6.45) is 0. The van der Waals surface area contributed by atoms with Gasteiger partial charge >= 0.3 is 0 Å². The van der Waals surface area contributed by atoms with Crippen molar-refractivity contribution >= 4 is 45.8 Å². The van der Waals surface area contributed by atoms with Crippen LogP contribution in [0.5, 0.6) is 0 Å². The highest BCUT2D eigenvalue weighted by Gasteiger charge is 2.11. The quantitative estimate of drug-likeness (QED) is 0.581. The lowest BCUT2D eigenvalue weighted by Crippen LogP contribution is -1.87. The Hall–Kier alpha value is -0.250. The molecule has 0 bridgehead atoms. The molecule has 0 aromatic heterocycles. The minimum absolute atomic E-state index is 0.691. The van der Waals surface area contributed by atoms with Gasteiger partial charge in [0.2, 0.25) is 0 Å². The molecule has 0 spiro atoms. The highest BCUT2D eigenvalue weighted by Crippen LogP contribution is 2.37. The maximum Gasteiger partial charge on any atom is 0.0499 e. The van der Waals surface area contributed by atoms with Crippen molar-refractivity contribution in [2.75, 3.05) is 0 Å². The molecule has 0 N–H and O–H groups in total. The maximum absolute atomic E-state index is 6.20. The molecule has 0 aliphatic rings. The number of hydrogen-bond acceptors (Lipinski definition) is 0. The molecule has 16 heavy (non-hydrogen) atoms. The summed E-state index contributed by atoms with van der Waals surface area (Å²) in [6, 6.07) is 11.8. The van der Waals surface area contributed by atoms with E-state index in [2.05, 4.69) is 47.7 Å². The summed E-state index contributed by atoms with van der Waals surface area (Å²) in [6.45, 7) is 2.06. The van der Waals surface area contributed by atoms with Crippen LogP contribution in [0.4, 0.5) is 0 Å². The Labute approximate surface area is 119 Å². The normalized spacial score (nSPS) is 10.5. The number of hydrogen-bond donors (Lipinski definition) is 0. The molecule has 0 amide bonds. The van der Waals surface area contributed by atoms with Gasteiger partial charge < -0.3 is 0 Å². The van der Waals surface area contributed by atoms with Crippen LogP contribution in [0.2, 0.25) is 10.0 Å². The van der Waals surface area contributed by atoms with E-state index in [-0.39, 0.29) is 0 Å². The Kier molecular flexibility index (Phi) is 3.77. The van der Waals surface area contributed by atoms with E-state index < -0.39 is 0 Å². The Morgan fingerprint density at radius 2 is 1.62 bits per heavy atom. The van der Waals surface area contributed by atoms with Gasteiger partial charge in [0.1, 0.15) is 0 Å². The largest absolute Gasteiger partial charge is 0.0836 e. The number of rotatable bonds is 1.